The standard InChI is InChI=1S/C12H25NO2S/c1-11(2,3)15-9-10(14)13-8-6-7-12(4,5)16/h16H,6-9H2,1-5H3,(H,13,14). The van der Waals surface area contributed by atoms with Gasteiger partial charge in [0.1, 0.15) is 6.61 Å². The molecule has 96 valence electrons. The number of thiol groups is 1. The normalized spacial score (nSPS) is 12.6. The summed E-state index contributed by atoms with van der Waals surface area (Å²) in [5.41, 5.74) is -0.259. The quantitative estimate of drug-likeness (QED) is 0.559. The largest absolute Gasteiger partial charge is 0.366 e. The van der Waals surface area contributed by atoms with Crippen molar-refractivity contribution in [1.29, 1.82) is 0 Å². The summed E-state index contributed by atoms with van der Waals surface area (Å²) in [4.78, 5) is 11.4. The van der Waals surface area contributed by atoms with Crippen molar-refractivity contribution in [2.24, 2.45) is 0 Å². The lowest BCUT2D eigenvalue weighted by molar-refractivity contribution is -0.130. The summed E-state index contributed by atoms with van der Waals surface area (Å²) in [6.07, 6.45) is 1.92. The van der Waals surface area contributed by atoms with Crippen LogP contribution in [-0.2, 0) is 9.53 Å². The summed E-state index contributed by atoms with van der Waals surface area (Å²) >= 11 is 4.42. The summed E-state index contributed by atoms with van der Waals surface area (Å²) in [7, 11) is 0. The fourth-order valence-electron chi connectivity index (χ4n) is 1.08. The zero-order valence-electron chi connectivity index (χ0n) is 11.1. The Morgan fingerprint density at radius 3 is 2.25 bits per heavy atom. The number of hydrogen-bond donors (Lipinski definition) is 2. The second-order valence-electron chi connectivity index (χ2n) is 5.67. The van der Waals surface area contributed by atoms with Gasteiger partial charge in [-0.15, -0.1) is 0 Å². The highest BCUT2D eigenvalue weighted by molar-refractivity contribution is 7.81. The minimum atomic E-state index is -0.259. The third-order valence-electron chi connectivity index (χ3n) is 1.92. The number of carbonyl (C=O) groups is 1. The fraction of sp³-hybridized carbons (Fsp3) is 0.917. The molecule has 0 saturated heterocycles. The van der Waals surface area contributed by atoms with Gasteiger partial charge in [0.05, 0.1) is 5.60 Å². The molecule has 0 aromatic rings. The van der Waals surface area contributed by atoms with Gasteiger partial charge in [-0.3, -0.25) is 4.79 Å². The van der Waals surface area contributed by atoms with Crippen LogP contribution in [0.1, 0.15) is 47.5 Å². The SMILES string of the molecule is CC(C)(S)CCCNC(=O)COC(C)(C)C. The van der Waals surface area contributed by atoms with Crippen molar-refractivity contribution in [3.05, 3.63) is 0 Å². The molecule has 0 radical (unpaired) electrons. The van der Waals surface area contributed by atoms with Crippen LogP contribution in [0.25, 0.3) is 0 Å². The van der Waals surface area contributed by atoms with Crippen molar-refractivity contribution in [2.45, 2.75) is 57.8 Å². The van der Waals surface area contributed by atoms with E-state index in [4.69, 9.17) is 4.74 Å². The van der Waals surface area contributed by atoms with Crippen LogP contribution >= 0.6 is 12.6 Å². The first-order valence-electron chi connectivity index (χ1n) is 5.73. The van der Waals surface area contributed by atoms with Crippen LogP contribution in [0.15, 0.2) is 0 Å². The molecule has 1 N–H and O–H groups in total. The topological polar surface area (TPSA) is 38.3 Å². The Kier molecular flexibility index (Phi) is 6.41. The third-order valence-corrected chi connectivity index (χ3v) is 2.15. The van der Waals surface area contributed by atoms with Crippen LogP contribution in [0.5, 0.6) is 0 Å². The van der Waals surface area contributed by atoms with Crippen LogP contribution in [0, 0.1) is 0 Å². The van der Waals surface area contributed by atoms with Gasteiger partial charge in [0, 0.05) is 11.3 Å². The molecule has 0 aliphatic rings. The lowest BCUT2D eigenvalue weighted by atomic mass is 10.1. The van der Waals surface area contributed by atoms with Gasteiger partial charge in [-0.05, 0) is 33.6 Å². The van der Waals surface area contributed by atoms with E-state index in [9.17, 15) is 4.79 Å². The lowest BCUT2D eigenvalue weighted by Crippen LogP contribution is -2.33. The van der Waals surface area contributed by atoms with E-state index in [1.807, 2.05) is 20.8 Å². The molecular formula is C12H25NO2S. The first kappa shape index (κ1) is 15.8. The van der Waals surface area contributed by atoms with Crippen molar-refractivity contribution in [3.63, 3.8) is 0 Å². The number of amides is 1. The predicted molar refractivity (Wildman–Crippen MR) is 71.0 cm³/mol. The zero-order valence-corrected chi connectivity index (χ0v) is 12.0. The van der Waals surface area contributed by atoms with E-state index >= 15 is 0 Å². The highest BCUT2D eigenvalue weighted by Gasteiger charge is 2.13. The average Bonchev–Trinajstić information content (AvgIpc) is 2.06. The van der Waals surface area contributed by atoms with Gasteiger partial charge in [0.2, 0.25) is 5.91 Å². The molecule has 1 amide bonds. The smallest absolute Gasteiger partial charge is 0.246 e. The van der Waals surface area contributed by atoms with E-state index in [1.165, 1.54) is 0 Å². The average molecular weight is 247 g/mol. The molecule has 0 aromatic carbocycles. The number of carbonyl (C=O) groups excluding carboxylic acids is 1. The van der Waals surface area contributed by atoms with E-state index in [0.29, 0.717) is 6.54 Å². The number of ether oxygens (including phenoxy) is 1. The molecule has 4 heteroatoms. The Morgan fingerprint density at radius 2 is 1.81 bits per heavy atom. The summed E-state index contributed by atoms with van der Waals surface area (Å²) in [6, 6.07) is 0. The van der Waals surface area contributed by atoms with E-state index in [0.717, 1.165) is 12.8 Å². The minimum Gasteiger partial charge on any atom is -0.366 e. The van der Waals surface area contributed by atoms with Crippen molar-refractivity contribution in [1.82, 2.24) is 5.32 Å². The van der Waals surface area contributed by atoms with Crippen molar-refractivity contribution in [3.8, 4) is 0 Å². The summed E-state index contributed by atoms with van der Waals surface area (Å²) in [5, 5.41) is 2.83. The van der Waals surface area contributed by atoms with Gasteiger partial charge < -0.3 is 10.1 Å². The molecule has 0 heterocycles. The number of nitrogens with one attached hydrogen (secondary N) is 1. The molecule has 0 spiro atoms. The van der Waals surface area contributed by atoms with Gasteiger partial charge in [-0.1, -0.05) is 13.8 Å². The van der Waals surface area contributed by atoms with E-state index < -0.39 is 0 Å². The molecule has 0 saturated carbocycles. The van der Waals surface area contributed by atoms with Crippen molar-refractivity contribution in [2.75, 3.05) is 13.2 Å². The molecule has 0 aromatic heterocycles. The van der Waals surface area contributed by atoms with Crippen LogP contribution in [0.2, 0.25) is 0 Å². The molecule has 0 bridgehead atoms. The van der Waals surface area contributed by atoms with Gasteiger partial charge in [0.25, 0.3) is 0 Å². The number of hydrogen-bond acceptors (Lipinski definition) is 3. The Hall–Kier alpha value is -0.220. The van der Waals surface area contributed by atoms with Gasteiger partial charge in [0.15, 0.2) is 0 Å². The van der Waals surface area contributed by atoms with Gasteiger partial charge in [-0.2, -0.15) is 12.6 Å². The maximum absolute atomic E-state index is 11.4. The Balaban J connectivity index is 3.52. The van der Waals surface area contributed by atoms with Crippen LogP contribution in [0.4, 0.5) is 0 Å². The van der Waals surface area contributed by atoms with Gasteiger partial charge >= 0.3 is 0 Å². The van der Waals surface area contributed by atoms with E-state index in [2.05, 4.69) is 31.8 Å². The molecule has 0 aliphatic heterocycles. The summed E-state index contributed by atoms with van der Waals surface area (Å²) in [6.45, 7) is 10.8. The van der Waals surface area contributed by atoms with Crippen LogP contribution < -0.4 is 5.32 Å². The zero-order chi connectivity index (χ0) is 12.8. The molecule has 0 rings (SSSR count). The van der Waals surface area contributed by atoms with E-state index in [-0.39, 0.29) is 22.9 Å². The highest BCUT2D eigenvalue weighted by atomic mass is 32.1. The van der Waals surface area contributed by atoms with Crippen molar-refractivity contribution < 1.29 is 9.53 Å². The molecule has 3 nitrogen and oxygen atoms in total. The monoisotopic (exact) mass is 247 g/mol. The Bertz CT molecular complexity index is 216. The summed E-state index contributed by atoms with van der Waals surface area (Å²) < 4.78 is 5.40. The first-order chi connectivity index (χ1) is 7.10. The number of rotatable bonds is 6. The van der Waals surface area contributed by atoms with E-state index in [1.54, 1.807) is 0 Å². The van der Waals surface area contributed by atoms with Crippen molar-refractivity contribution >= 4 is 18.5 Å². The molecule has 16 heavy (non-hydrogen) atoms. The molecule has 0 fully saturated rings. The predicted octanol–water partition coefficient (Wildman–Crippen LogP) is 2.41. The molecular weight excluding hydrogens is 222 g/mol. The van der Waals surface area contributed by atoms with Crippen LogP contribution in [-0.4, -0.2) is 29.4 Å². The second-order valence-corrected chi connectivity index (χ2v) is 6.88. The fourth-order valence-corrected chi connectivity index (χ4v) is 1.24. The third kappa shape index (κ3) is 11.9. The Labute approximate surface area is 105 Å². The minimum absolute atomic E-state index is 0.0344. The molecule has 0 aliphatic carbocycles. The first-order valence-corrected chi connectivity index (χ1v) is 6.18. The van der Waals surface area contributed by atoms with Crippen LogP contribution in [0.3, 0.4) is 0 Å². The van der Waals surface area contributed by atoms with Gasteiger partial charge in [-0.25, -0.2) is 0 Å². The summed E-state index contributed by atoms with van der Waals surface area (Å²) in [5.74, 6) is -0.0492. The maximum Gasteiger partial charge on any atom is 0.246 e. The molecule has 0 atom stereocenters. The molecule has 0 unspecified atom stereocenters. The Morgan fingerprint density at radius 1 is 1.25 bits per heavy atom. The maximum atomic E-state index is 11.4. The lowest BCUT2D eigenvalue weighted by Gasteiger charge is -2.19. The second kappa shape index (κ2) is 6.50. The highest BCUT2D eigenvalue weighted by Crippen LogP contribution is 2.18.